The maximum absolute atomic E-state index is 13.2. The van der Waals surface area contributed by atoms with Crippen LogP contribution >= 0.6 is 0 Å². The van der Waals surface area contributed by atoms with Crippen molar-refractivity contribution in [2.75, 3.05) is 20.8 Å². The zero-order valence-electron chi connectivity index (χ0n) is 18.1. The Balaban J connectivity index is 2.17. The Kier molecular flexibility index (Phi) is 8.21. The molecule has 2 rings (SSSR count). The van der Waals surface area contributed by atoms with E-state index in [1.807, 2.05) is 32.9 Å². The molecule has 162 valence electrons. The lowest BCUT2D eigenvalue weighted by atomic mass is 10.0. The van der Waals surface area contributed by atoms with Crippen LogP contribution in [0.2, 0.25) is 0 Å². The standard InChI is InChI=1S/C23H29FN2O4/c1-6-26(14-16-7-12-19(29-4)20(13-16)30-5)23(28)21(15(2)3)25-22(27)17-8-10-18(24)11-9-17/h7-13,15,21H,6,14H2,1-5H3,(H,25,27)/t21-/m0/s1. The first-order chi connectivity index (χ1) is 14.3. The van der Waals surface area contributed by atoms with Crippen LogP contribution in [0.3, 0.4) is 0 Å². The zero-order chi connectivity index (χ0) is 22.3. The highest BCUT2D eigenvalue weighted by atomic mass is 19.1. The summed E-state index contributed by atoms with van der Waals surface area (Å²) in [5.74, 6) is 0.0594. The first-order valence-electron chi connectivity index (χ1n) is 9.86. The van der Waals surface area contributed by atoms with Gasteiger partial charge >= 0.3 is 0 Å². The Morgan fingerprint density at radius 2 is 1.67 bits per heavy atom. The van der Waals surface area contributed by atoms with E-state index < -0.39 is 17.8 Å². The molecule has 0 unspecified atom stereocenters. The molecule has 0 aliphatic heterocycles. The number of halogens is 1. The van der Waals surface area contributed by atoms with E-state index in [2.05, 4.69) is 5.32 Å². The van der Waals surface area contributed by atoms with Crippen molar-refractivity contribution in [3.8, 4) is 11.5 Å². The number of ether oxygens (including phenoxy) is 2. The molecule has 2 aromatic rings. The fourth-order valence-electron chi connectivity index (χ4n) is 3.08. The van der Waals surface area contributed by atoms with Gasteiger partial charge in [-0.05, 0) is 54.8 Å². The summed E-state index contributed by atoms with van der Waals surface area (Å²) in [5.41, 5.74) is 1.19. The minimum atomic E-state index is -0.706. The zero-order valence-corrected chi connectivity index (χ0v) is 18.1. The van der Waals surface area contributed by atoms with E-state index in [1.54, 1.807) is 25.2 Å². The lowest BCUT2D eigenvalue weighted by Crippen LogP contribution is -2.51. The number of hydrogen-bond donors (Lipinski definition) is 1. The van der Waals surface area contributed by atoms with Gasteiger partial charge in [0.15, 0.2) is 11.5 Å². The van der Waals surface area contributed by atoms with Gasteiger partial charge in [-0.2, -0.15) is 0 Å². The van der Waals surface area contributed by atoms with E-state index in [4.69, 9.17) is 9.47 Å². The number of benzene rings is 2. The number of nitrogens with zero attached hydrogens (tertiary/aromatic N) is 1. The van der Waals surface area contributed by atoms with Gasteiger partial charge in [-0.25, -0.2) is 4.39 Å². The largest absolute Gasteiger partial charge is 0.493 e. The Labute approximate surface area is 177 Å². The van der Waals surface area contributed by atoms with Crippen LogP contribution in [0.15, 0.2) is 42.5 Å². The molecule has 0 aliphatic rings. The number of methoxy groups -OCH3 is 2. The van der Waals surface area contributed by atoms with Crippen LogP contribution in [0.1, 0.15) is 36.7 Å². The SMILES string of the molecule is CCN(Cc1ccc(OC)c(OC)c1)C(=O)[C@@H](NC(=O)c1ccc(F)cc1)C(C)C. The van der Waals surface area contributed by atoms with Gasteiger partial charge in [0, 0.05) is 18.7 Å². The molecule has 0 aliphatic carbocycles. The number of amides is 2. The summed E-state index contributed by atoms with van der Waals surface area (Å²) in [7, 11) is 3.13. The van der Waals surface area contributed by atoms with Crippen molar-refractivity contribution in [2.45, 2.75) is 33.4 Å². The second-order valence-corrected chi connectivity index (χ2v) is 7.24. The summed E-state index contributed by atoms with van der Waals surface area (Å²) in [6.07, 6.45) is 0. The highest BCUT2D eigenvalue weighted by Gasteiger charge is 2.28. The van der Waals surface area contributed by atoms with Crippen molar-refractivity contribution < 1.29 is 23.5 Å². The molecule has 0 radical (unpaired) electrons. The van der Waals surface area contributed by atoms with Crippen LogP contribution in [0, 0.1) is 11.7 Å². The summed E-state index contributed by atoms with van der Waals surface area (Å²) in [4.78, 5) is 27.5. The number of nitrogens with one attached hydrogen (secondary N) is 1. The summed E-state index contributed by atoms with van der Waals surface area (Å²) < 4.78 is 23.7. The number of carbonyl (C=O) groups is 2. The lowest BCUT2D eigenvalue weighted by molar-refractivity contribution is -0.134. The summed E-state index contributed by atoms with van der Waals surface area (Å²) in [5, 5.41) is 2.80. The van der Waals surface area contributed by atoms with Gasteiger partial charge in [0.05, 0.1) is 14.2 Å². The molecule has 7 heteroatoms. The van der Waals surface area contributed by atoms with Gasteiger partial charge in [-0.3, -0.25) is 9.59 Å². The van der Waals surface area contributed by atoms with Gasteiger partial charge < -0.3 is 19.7 Å². The molecule has 0 aromatic heterocycles. The third kappa shape index (κ3) is 5.72. The summed E-state index contributed by atoms with van der Waals surface area (Å²) in [6.45, 7) is 6.47. The van der Waals surface area contributed by atoms with Crippen molar-refractivity contribution in [1.82, 2.24) is 10.2 Å². The maximum atomic E-state index is 13.2. The van der Waals surface area contributed by atoms with E-state index in [0.29, 0.717) is 30.2 Å². The van der Waals surface area contributed by atoms with E-state index >= 15 is 0 Å². The smallest absolute Gasteiger partial charge is 0.251 e. The average molecular weight is 416 g/mol. The van der Waals surface area contributed by atoms with Gasteiger partial charge in [0.2, 0.25) is 5.91 Å². The van der Waals surface area contributed by atoms with Crippen molar-refractivity contribution in [2.24, 2.45) is 5.92 Å². The number of likely N-dealkylation sites (N-methyl/N-ethyl adjacent to an activating group) is 1. The van der Waals surface area contributed by atoms with E-state index in [-0.39, 0.29) is 11.8 Å². The van der Waals surface area contributed by atoms with Gasteiger partial charge in [-0.15, -0.1) is 0 Å². The Hall–Kier alpha value is -3.09. The number of rotatable bonds is 9. The van der Waals surface area contributed by atoms with E-state index in [1.165, 1.54) is 24.3 Å². The summed E-state index contributed by atoms with van der Waals surface area (Å²) in [6, 6.07) is 10.0. The monoisotopic (exact) mass is 416 g/mol. The molecule has 0 saturated carbocycles. The highest BCUT2D eigenvalue weighted by molar-refractivity contribution is 5.97. The first-order valence-corrected chi connectivity index (χ1v) is 9.86. The van der Waals surface area contributed by atoms with Gasteiger partial charge in [0.1, 0.15) is 11.9 Å². The van der Waals surface area contributed by atoms with Crippen molar-refractivity contribution in [1.29, 1.82) is 0 Å². The Morgan fingerprint density at radius 1 is 1.03 bits per heavy atom. The molecular formula is C23H29FN2O4. The van der Waals surface area contributed by atoms with Gasteiger partial charge in [-0.1, -0.05) is 19.9 Å². The Bertz CT molecular complexity index is 868. The Morgan fingerprint density at radius 3 is 2.20 bits per heavy atom. The molecule has 6 nitrogen and oxygen atoms in total. The normalized spacial score (nSPS) is 11.7. The molecule has 0 bridgehead atoms. The molecule has 1 atom stereocenters. The quantitative estimate of drug-likeness (QED) is 0.678. The molecule has 0 fully saturated rings. The van der Waals surface area contributed by atoms with Crippen molar-refractivity contribution >= 4 is 11.8 Å². The minimum Gasteiger partial charge on any atom is -0.493 e. The molecule has 0 spiro atoms. The third-order valence-corrected chi connectivity index (χ3v) is 4.84. The fourth-order valence-corrected chi connectivity index (χ4v) is 3.08. The third-order valence-electron chi connectivity index (χ3n) is 4.84. The van der Waals surface area contributed by atoms with Crippen LogP contribution in [-0.4, -0.2) is 43.5 Å². The molecular weight excluding hydrogens is 387 g/mol. The van der Waals surface area contributed by atoms with Crippen LogP contribution in [0.4, 0.5) is 4.39 Å². The first kappa shape index (κ1) is 23.2. The van der Waals surface area contributed by atoms with Crippen LogP contribution < -0.4 is 14.8 Å². The topological polar surface area (TPSA) is 67.9 Å². The highest BCUT2D eigenvalue weighted by Crippen LogP contribution is 2.28. The molecule has 1 N–H and O–H groups in total. The second kappa shape index (κ2) is 10.6. The van der Waals surface area contributed by atoms with Crippen LogP contribution in [0.5, 0.6) is 11.5 Å². The molecule has 2 aromatic carbocycles. The molecule has 0 heterocycles. The molecule has 0 saturated heterocycles. The molecule has 30 heavy (non-hydrogen) atoms. The van der Waals surface area contributed by atoms with Crippen LogP contribution in [0.25, 0.3) is 0 Å². The predicted molar refractivity (Wildman–Crippen MR) is 113 cm³/mol. The van der Waals surface area contributed by atoms with Crippen molar-refractivity contribution in [3.05, 3.63) is 59.4 Å². The second-order valence-electron chi connectivity index (χ2n) is 7.24. The van der Waals surface area contributed by atoms with E-state index in [0.717, 1.165) is 5.56 Å². The fraction of sp³-hybridized carbons (Fsp3) is 0.391. The molecule has 2 amide bonds. The lowest BCUT2D eigenvalue weighted by Gasteiger charge is -2.29. The minimum absolute atomic E-state index is 0.124. The predicted octanol–water partition coefficient (Wildman–Crippen LogP) is 3.65. The van der Waals surface area contributed by atoms with Crippen molar-refractivity contribution in [3.63, 3.8) is 0 Å². The van der Waals surface area contributed by atoms with Crippen LogP contribution in [-0.2, 0) is 11.3 Å². The number of hydrogen-bond acceptors (Lipinski definition) is 4. The number of carbonyl (C=O) groups excluding carboxylic acids is 2. The van der Waals surface area contributed by atoms with Gasteiger partial charge in [0.25, 0.3) is 5.91 Å². The summed E-state index contributed by atoms with van der Waals surface area (Å²) >= 11 is 0. The average Bonchev–Trinajstić information content (AvgIpc) is 2.75. The van der Waals surface area contributed by atoms with E-state index in [9.17, 15) is 14.0 Å². The maximum Gasteiger partial charge on any atom is 0.251 e.